The van der Waals surface area contributed by atoms with Crippen LogP contribution in [0.25, 0.3) is 0 Å². The SMILES string of the molecule is CCNCCCN(C)S(=O)(=O)NCCOCC1CC1. The van der Waals surface area contributed by atoms with Gasteiger partial charge in [0.25, 0.3) is 10.2 Å². The van der Waals surface area contributed by atoms with Gasteiger partial charge in [-0.05, 0) is 38.3 Å². The highest BCUT2D eigenvalue weighted by molar-refractivity contribution is 7.87. The number of hydrogen-bond donors (Lipinski definition) is 2. The smallest absolute Gasteiger partial charge is 0.279 e. The molecule has 0 aromatic rings. The van der Waals surface area contributed by atoms with E-state index in [0.29, 0.717) is 25.6 Å². The highest BCUT2D eigenvalue weighted by Gasteiger charge is 2.21. The summed E-state index contributed by atoms with van der Waals surface area (Å²) in [6, 6.07) is 0. The fourth-order valence-electron chi connectivity index (χ4n) is 1.61. The van der Waals surface area contributed by atoms with Gasteiger partial charge in [-0.3, -0.25) is 0 Å². The van der Waals surface area contributed by atoms with E-state index in [9.17, 15) is 8.42 Å². The molecule has 0 unspecified atom stereocenters. The highest BCUT2D eigenvalue weighted by atomic mass is 32.2. The standard InChI is InChI=1S/C12H27N3O3S/c1-3-13-7-4-9-15(2)19(16,17)14-8-10-18-11-12-5-6-12/h12-14H,3-11H2,1-2H3. The Morgan fingerprint density at radius 3 is 2.68 bits per heavy atom. The fraction of sp³-hybridized carbons (Fsp3) is 1.00. The molecule has 1 aliphatic carbocycles. The first-order valence-electron chi connectivity index (χ1n) is 7.05. The van der Waals surface area contributed by atoms with E-state index in [0.717, 1.165) is 26.1 Å². The molecule has 0 spiro atoms. The van der Waals surface area contributed by atoms with Crippen LogP contribution in [0.2, 0.25) is 0 Å². The molecule has 1 fully saturated rings. The number of nitrogens with zero attached hydrogens (tertiary/aromatic N) is 1. The molecule has 0 saturated heterocycles. The summed E-state index contributed by atoms with van der Waals surface area (Å²) < 4.78 is 33.0. The zero-order valence-electron chi connectivity index (χ0n) is 12.0. The molecule has 1 saturated carbocycles. The van der Waals surface area contributed by atoms with Crippen molar-refractivity contribution in [1.29, 1.82) is 0 Å². The Morgan fingerprint density at radius 2 is 2.05 bits per heavy atom. The summed E-state index contributed by atoms with van der Waals surface area (Å²) >= 11 is 0. The quantitative estimate of drug-likeness (QED) is 0.504. The first kappa shape index (κ1) is 16.8. The van der Waals surface area contributed by atoms with Gasteiger partial charge in [-0.25, -0.2) is 0 Å². The maximum atomic E-state index is 11.8. The first-order chi connectivity index (χ1) is 9.06. The monoisotopic (exact) mass is 293 g/mol. The predicted molar refractivity (Wildman–Crippen MR) is 76.3 cm³/mol. The van der Waals surface area contributed by atoms with Gasteiger partial charge in [0.15, 0.2) is 0 Å². The van der Waals surface area contributed by atoms with Crippen molar-refractivity contribution in [3.05, 3.63) is 0 Å². The summed E-state index contributed by atoms with van der Waals surface area (Å²) in [5.74, 6) is 0.713. The van der Waals surface area contributed by atoms with Crippen molar-refractivity contribution in [3.63, 3.8) is 0 Å². The third kappa shape index (κ3) is 7.84. The molecule has 1 rings (SSSR count). The second-order valence-electron chi connectivity index (χ2n) is 4.95. The lowest BCUT2D eigenvalue weighted by molar-refractivity contribution is 0.129. The number of hydrogen-bond acceptors (Lipinski definition) is 4. The molecule has 0 aromatic heterocycles. The van der Waals surface area contributed by atoms with Crippen molar-refractivity contribution < 1.29 is 13.2 Å². The maximum Gasteiger partial charge on any atom is 0.279 e. The number of nitrogens with one attached hydrogen (secondary N) is 2. The number of rotatable bonds is 12. The van der Waals surface area contributed by atoms with Gasteiger partial charge in [0.1, 0.15) is 0 Å². The van der Waals surface area contributed by atoms with Crippen LogP contribution in [0, 0.1) is 5.92 Å². The second-order valence-corrected chi connectivity index (χ2v) is 6.81. The lowest BCUT2D eigenvalue weighted by Gasteiger charge is -2.17. The van der Waals surface area contributed by atoms with E-state index >= 15 is 0 Å². The predicted octanol–water partition coefficient (Wildman–Crippen LogP) is 0.179. The topological polar surface area (TPSA) is 70.7 Å². The van der Waals surface area contributed by atoms with Crippen LogP contribution in [0.4, 0.5) is 0 Å². The zero-order chi connectivity index (χ0) is 14.1. The minimum Gasteiger partial charge on any atom is -0.380 e. The Morgan fingerprint density at radius 1 is 1.32 bits per heavy atom. The number of ether oxygens (including phenoxy) is 1. The molecule has 0 radical (unpaired) electrons. The first-order valence-corrected chi connectivity index (χ1v) is 8.49. The van der Waals surface area contributed by atoms with Gasteiger partial charge in [0.05, 0.1) is 6.61 Å². The Balaban J connectivity index is 2.06. The van der Waals surface area contributed by atoms with E-state index in [-0.39, 0.29) is 0 Å². The van der Waals surface area contributed by atoms with Gasteiger partial charge >= 0.3 is 0 Å². The van der Waals surface area contributed by atoms with E-state index < -0.39 is 10.2 Å². The minimum absolute atomic E-state index is 0.340. The van der Waals surface area contributed by atoms with Crippen molar-refractivity contribution in [2.75, 3.05) is 46.4 Å². The molecule has 6 nitrogen and oxygen atoms in total. The molecule has 1 aliphatic rings. The lowest BCUT2D eigenvalue weighted by atomic mass is 10.4. The summed E-state index contributed by atoms with van der Waals surface area (Å²) in [6.07, 6.45) is 3.31. The normalized spacial score (nSPS) is 16.2. The van der Waals surface area contributed by atoms with Crippen LogP contribution in [0.5, 0.6) is 0 Å². The van der Waals surface area contributed by atoms with Gasteiger partial charge in [0.2, 0.25) is 0 Å². The molecular formula is C12H27N3O3S. The Kier molecular flexibility index (Phi) is 7.86. The molecule has 0 aliphatic heterocycles. The van der Waals surface area contributed by atoms with Crippen LogP contribution in [-0.4, -0.2) is 59.2 Å². The van der Waals surface area contributed by atoms with Crippen LogP contribution < -0.4 is 10.0 Å². The molecule has 2 N–H and O–H groups in total. The van der Waals surface area contributed by atoms with Gasteiger partial charge in [0, 0.05) is 26.7 Å². The van der Waals surface area contributed by atoms with E-state index in [1.807, 2.05) is 6.92 Å². The molecule has 0 atom stereocenters. The van der Waals surface area contributed by atoms with Crippen LogP contribution in [0.1, 0.15) is 26.2 Å². The van der Waals surface area contributed by atoms with E-state index in [1.54, 1.807) is 7.05 Å². The zero-order valence-corrected chi connectivity index (χ0v) is 12.8. The van der Waals surface area contributed by atoms with Crippen LogP contribution in [-0.2, 0) is 14.9 Å². The van der Waals surface area contributed by atoms with Gasteiger partial charge < -0.3 is 10.1 Å². The fourth-order valence-corrected chi connectivity index (χ4v) is 2.54. The van der Waals surface area contributed by atoms with E-state index in [1.165, 1.54) is 17.1 Å². The lowest BCUT2D eigenvalue weighted by Crippen LogP contribution is -2.40. The largest absolute Gasteiger partial charge is 0.380 e. The van der Waals surface area contributed by atoms with Crippen molar-refractivity contribution in [2.24, 2.45) is 5.92 Å². The molecule has 0 heterocycles. The summed E-state index contributed by atoms with van der Waals surface area (Å²) in [5, 5.41) is 3.17. The Bertz CT molecular complexity index is 331. The van der Waals surface area contributed by atoms with Crippen molar-refractivity contribution in [3.8, 4) is 0 Å². The highest BCUT2D eigenvalue weighted by Crippen LogP contribution is 2.28. The average Bonchev–Trinajstić information content (AvgIpc) is 3.18. The summed E-state index contributed by atoms with van der Waals surface area (Å²) in [7, 11) is -1.76. The van der Waals surface area contributed by atoms with Gasteiger partial charge in [-0.2, -0.15) is 17.4 Å². The van der Waals surface area contributed by atoms with E-state index in [2.05, 4.69) is 10.0 Å². The average molecular weight is 293 g/mol. The van der Waals surface area contributed by atoms with Crippen LogP contribution in [0.15, 0.2) is 0 Å². The third-order valence-electron chi connectivity index (χ3n) is 3.07. The van der Waals surface area contributed by atoms with Crippen molar-refractivity contribution in [2.45, 2.75) is 26.2 Å². The molecule has 114 valence electrons. The molecule has 19 heavy (non-hydrogen) atoms. The van der Waals surface area contributed by atoms with Crippen molar-refractivity contribution in [1.82, 2.24) is 14.3 Å². The Hall–Kier alpha value is -0.210. The molecule has 0 bridgehead atoms. The van der Waals surface area contributed by atoms with Crippen LogP contribution >= 0.6 is 0 Å². The molecule has 7 heteroatoms. The third-order valence-corrected chi connectivity index (χ3v) is 4.64. The summed E-state index contributed by atoms with van der Waals surface area (Å²) in [4.78, 5) is 0. The molecular weight excluding hydrogens is 266 g/mol. The maximum absolute atomic E-state index is 11.8. The summed E-state index contributed by atoms with van der Waals surface area (Å²) in [5.41, 5.74) is 0. The van der Waals surface area contributed by atoms with Crippen molar-refractivity contribution >= 4 is 10.2 Å². The minimum atomic E-state index is -3.36. The van der Waals surface area contributed by atoms with E-state index in [4.69, 9.17) is 4.74 Å². The molecule has 0 aromatic carbocycles. The molecule has 0 amide bonds. The Labute approximate surface area is 117 Å². The van der Waals surface area contributed by atoms with Gasteiger partial charge in [-0.1, -0.05) is 6.92 Å². The van der Waals surface area contributed by atoms with Gasteiger partial charge in [-0.15, -0.1) is 0 Å². The summed E-state index contributed by atoms with van der Waals surface area (Å²) in [6.45, 7) is 5.84. The van der Waals surface area contributed by atoms with Crippen LogP contribution in [0.3, 0.4) is 0 Å². The second kappa shape index (κ2) is 8.86.